The van der Waals surface area contributed by atoms with Crippen molar-refractivity contribution in [2.45, 2.75) is 70.8 Å². The SMILES string of the molecule is CC1(CC(=O)c2cn(-c3ccc(F)cc3F)c3nc(N4CCC(O)CC4=O)ccc3c2=O)CC2CCCC(C2)C1. The van der Waals surface area contributed by atoms with Gasteiger partial charge in [0.25, 0.3) is 0 Å². The Kier molecular flexibility index (Phi) is 6.81. The number of halogens is 2. The first-order valence-corrected chi connectivity index (χ1v) is 14.1. The molecule has 1 aromatic carbocycles. The standard InChI is InChI=1S/C31H33F2N3O4/c1-31(14-18-3-2-4-19(11-18)15-31)16-26(38)23-17-36(25-7-5-20(32)12-24(25)33)30-22(29(23)40)6-8-27(34-30)35-10-9-21(37)13-28(35)39/h5-8,12,17-19,21,37H,2-4,9-11,13-16H2,1H3. The summed E-state index contributed by atoms with van der Waals surface area (Å²) in [7, 11) is 0. The van der Waals surface area contributed by atoms with E-state index >= 15 is 4.39 Å². The molecule has 3 unspecified atom stereocenters. The van der Waals surface area contributed by atoms with Gasteiger partial charge < -0.3 is 5.11 Å². The first kappa shape index (κ1) is 26.7. The number of anilines is 1. The molecule has 3 heterocycles. The van der Waals surface area contributed by atoms with Gasteiger partial charge in [-0.25, -0.2) is 13.8 Å². The molecule has 3 atom stereocenters. The molecule has 9 heteroatoms. The second-order valence-corrected chi connectivity index (χ2v) is 12.3. The second-order valence-electron chi connectivity index (χ2n) is 12.3. The van der Waals surface area contributed by atoms with Crippen LogP contribution in [-0.4, -0.2) is 39.0 Å². The molecule has 40 heavy (non-hydrogen) atoms. The molecule has 2 saturated carbocycles. The Labute approximate surface area is 230 Å². The molecular formula is C31H33F2N3O4. The van der Waals surface area contributed by atoms with Gasteiger partial charge in [0.15, 0.2) is 11.4 Å². The Hall–Kier alpha value is -3.46. The van der Waals surface area contributed by atoms with Gasteiger partial charge in [0.05, 0.1) is 29.2 Å². The Morgan fingerprint density at radius 1 is 1.10 bits per heavy atom. The van der Waals surface area contributed by atoms with Crippen LogP contribution in [0.2, 0.25) is 0 Å². The van der Waals surface area contributed by atoms with Crippen molar-refractivity contribution in [2.24, 2.45) is 17.3 Å². The quantitative estimate of drug-likeness (QED) is 0.435. The normalized spacial score (nSPS) is 26.8. The average Bonchev–Trinajstić information content (AvgIpc) is 2.88. The van der Waals surface area contributed by atoms with Crippen LogP contribution in [0, 0.1) is 28.9 Å². The molecule has 0 radical (unpaired) electrons. The van der Waals surface area contributed by atoms with Crippen molar-refractivity contribution in [2.75, 3.05) is 11.4 Å². The third-order valence-electron chi connectivity index (χ3n) is 9.02. The molecule has 6 rings (SSSR count). The molecule has 2 bridgehead atoms. The number of benzene rings is 1. The number of aliphatic hydroxyl groups is 1. The Morgan fingerprint density at radius 3 is 2.55 bits per heavy atom. The van der Waals surface area contributed by atoms with E-state index in [1.54, 1.807) is 0 Å². The molecule has 1 amide bonds. The number of aromatic nitrogens is 2. The number of nitrogens with zero attached hydrogens (tertiary/aromatic N) is 3. The van der Waals surface area contributed by atoms with Gasteiger partial charge in [0.2, 0.25) is 11.3 Å². The number of hydrogen-bond donors (Lipinski definition) is 1. The highest BCUT2D eigenvalue weighted by Crippen LogP contribution is 2.50. The number of rotatable bonds is 5. The van der Waals surface area contributed by atoms with E-state index < -0.39 is 23.2 Å². The molecule has 2 aromatic heterocycles. The first-order valence-electron chi connectivity index (χ1n) is 14.1. The fraction of sp³-hybridized carbons (Fsp3) is 0.484. The highest BCUT2D eigenvalue weighted by Gasteiger charge is 2.40. The lowest BCUT2D eigenvalue weighted by Gasteiger charge is -2.45. The van der Waals surface area contributed by atoms with E-state index in [9.17, 15) is 23.9 Å². The van der Waals surface area contributed by atoms with Gasteiger partial charge in [-0.1, -0.05) is 26.2 Å². The summed E-state index contributed by atoms with van der Waals surface area (Å²) in [4.78, 5) is 46.0. The van der Waals surface area contributed by atoms with Crippen LogP contribution in [0.4, 0.5) is 14.6 Å². The number of amides is 1. The molecule has 1 N–H and O–H groups in total. The van der Waals surface area contributed by atoms with Gasteiger partial charge in [-0.3, -0.25) is 23.9 Å². The maximum atomic E-state index is 15.1. The number of Topliss-reactive ketones (excluding diaryl/α,β-unsaturated/α-hetero) is 1. The van der Waals surface area contributed by atoms with Gasteiger partial charge >= 0.3 is 0 Å². The Bertz CT molecular complexity index is 1560. The van der Waals surface area contributed by atoms with Crippen LogP contribution in [0.1, 0.15) is 75.1 Å². The second kappa shape index (κ2) is 10.2. The minimum atomic E-state index is -0.875. The predicted octanol–water partition coefficient (Wildman–Crippen LogP) is 5.33. The lowest BCUT2D eigenvalue weighted by molar-refractivity contribution is -0.122. The van der Waals surface area contributed by atoms with Crippen LogP contribution in [0.5, 0.6) is 0 Å². The zero-order valence-electron chi connectivity index (χ0n) is 22.5. The van der Waals surface area contributed by atoms with Crippen LogP contribution < -0.4 is 10.3 Å². The predicted molar refractivity (Wildman–Crippen MR) is 147 cm³/mol. The molecule has 2 aliphatic carbocycles. The summed E-state index contributed by atoms with van der Waals surface area (Å²) in [6.45, 7) is 2.37. The van der Waals surface area contributed by atoms with E-state index in [0.717, 1.165) is 25.0 Å². The Balaban J connectivity index is 1.44. The summed E-state index contributed by atoms with van der Waals surface area (Å²) in [5.41, 5.74) is -0.775. The third kappa shape index (κ3) is 4.96. The lowest BCUT2D eigenvalue weighted by Crippen LogP contribution is -2.41. The van der Waals surface area contributed by atoms with E-state index in [1.165, 1.54) is 59.5 Å². The number of pyridine rings is 2. The third-order valence-corrected chi connectivity index (χ3v) is 9.02. The zero-order valence-corrected chi connectivity index (χ0v) is 22.5. The molecule has 1 aliphatic heterocycles. The topological polar surface area (TPSA) is 92.5 Å². The molecule has 3 fully saturated rings. The van der Waals surface area contributed by atoms with Crippen LogP contribution in [0.15, 0.2) is 41.3 Å². The van der Waals surface area contributed by atoms with Crippen LogP contribution in [-0.2, 0) is 4.79 Å². The number of hydrogen-bond acceptors (Lipinski definition) is 5. The van der Waals surface area contributed by atoms with Crippen LogP contribution in [0.25, 0.3) is 16.7 Å². The molecule has 7 nitrogen and oxygen atoms in total. The fourth-order valence-corrected chi connectivity index (χ4v) is 7.34. The van der Waals surface area contributed by atoms with Crippen LogP contribution in [0.3, 0.4) is 0 Å². The number of carbonyl (C=O) groups excluding carboxylic acids is 2. The van der Waals surface area contributed by atoms with E-state index in [1.807, 2.05) is 0 Å². The van der Waals surface area contributed by atoms with Gasteiger partial charge in [0, 0.05) is 25.2 Å². The summed E-state index contributed by atoms with van der Waals surface area (Å²) >= 11 is 0. The summed E-state index contributed by atoms with van der Waals surface area (Å²) in [6, 6.07) is 6.11. The zero-order chi connectivity index (χ0) is 28.2. The fourth-order valence-electron chi connectivity index (χ4n) is 7.34. The minimum absolute atomic E-state index is 0.0486. The van der Waals surface area contributed by atoms with Crippen molar-refractivity contribution in [3.8, 4) is 5.69 Å². The number of aliphatic hydroxyl groups excluding tert-OH is 1. The minimum Gasteiger partial charge on any atom is -0.393 e. The number of ketones is 1. The van der Waals surface area contributed by atoms with Crippen molar-refractivity contribution in [1.29, 1.82) is 0 Å². The maximum absolute atomic E-state index is 15.1. The molecule has 210 valence electrons. The smallest absolute Gasteiger partial charge is 0.230 e. The highest BCUT2D eigenvalue weighted by molar-refractivity contribution is 6.00. The molecule has 0 spiro atoms. The van der Waals surface area contributed by atoms with Crippen molar-refractivity contribution >= 4 is 28.5 Å². The lowest BCUT2D eigenvalue weighted by atomic mass is 9.60. The van der Waals surface area contributed by atoms with Crippen LogP contribution >= 0.6 is 0 Å². The van der Waals surface area contributed by atoms with Crippen molar-refractivity contribution in [1.82, 2.24) is 9.55 Å². The highest BCUT2D eigenvalue weighted by atomic mass is 19.1. The van der Waals surface area contributed by atoms with Gasteiger partial charge in [-0.05, 0) is 67.2 Å². The summed E-state index contributed by atoms with van der Waals surface area (Å²) in [5, 5.41) is 9.95. The van der Waals surface area contributed by atoms with Gasteiger partial charge in [0.1, 0.15) is 17.5 Å². The molecule has 1 saturated heterocycles. The average molecular weight is 550 g/mol. The van der Waals surface area contributed by atoms with Gasteiger partial charge in [-0.15, -0.1) is 0 Å². The summed E-state index contributed by atoms with van der Waals surface area (Å²) in [6.07, 6.45) is 7.84. The number of piperidine rings is 1. The van der Waals surface area contributed by atoms with E-state index in [0.29, 0.717) is 18.3 Å². The first-order chi connectivity index (χ1) is 19.1. The van der Waals surface area contributed by atoms with Crippen molar-refractivity contribution in [3.05, 3.63) is 63.9 Å². The van der Waals surface area contributed by atoms with E-state index in [4.69, 9.17) is 0 Å². The monoisotopic (exact) mass is 549 g/mol. The summed E-state index contributed by atoms with van der Waals surface area (Å²) in [5.74, 6) is -0.786. The summed E-state index contributed by atoms with van der Waals surface area (Å²) < 4.78 is 30.2. The maximum Gasteiger partial charge on any atom is 0.230 e. The van der Waals surface area contributed by atoms with E-state index in [-0.39, 0.29) is 64.6 Å². The largest absolute Gasteiger partial charge is 0.393 e. The molecule has 3 aliphatic rings. The van der Waals surface area contributed by atoms with Gasteiger partial charge in [-0.2, -0.15) is 0 Å². The number of carbonyl (C=O) groups is 2. The molecule has 3 aromatic rings. The Morgan fingerprint density at radius 2 is 1.85 bits per heavy atom. The van der Waals surface area contributed by atoms with E-state index in [2.05, 4.69) is 11.9 Å². The van der Waals surface area contributed by atoms with Crippen molar-refractivity contribution in [3.63, 3.8) is 0 Å². The van der Waals surface area contributed by atoms with Crippen molar-refractivity contribution < 1.29 is 23.5 Å². The number of fused-ring (bicyclic) bond motifs is 3. The molecular weight excluding hydrogens is 516 g/mol.